The number of para-hydroxylation sites is 1. The molecule has 1 saturated heterocycles. The average molecular weight is 580 g/mol. The third-order valence-electron chi connectivity index (χ3n) is 6.98. The smallest absolute Gasteiger partial charge is 0.356 e. The van der Waals surface area contributed by atoms with Gasteiger partial charge in [-0.1, -0.05) is 66.4 Å². The van der Waals surface area contributed by atoms with Gasteiger partial charge >= 0.3 is 7.60 Å². The fourth-order valence-corrected chi connectivity index (χ4v) is 6.72. The number of amides is 1. The zero-order valence-electron chi connectivity index (χ0n) is 21.2. The van der Waals surface area contributed by atoms with Gasteiger partial charge in [0.05, 0.1) is 17.5 Å². The minimum atomic E-state index is -4.37. The van der Waals surface area contributed by atoms with Crippen LogP contribution in [0.4, 0.5) is 14.9 Å². The number of aliphatic hydroxyl groups is 1. The number of benzene rings is 4. The normalized spacial score (nSPS) is 18.2. The van der Waals surface area contributed by atoms with Crippen molar-refractivity contribution in [1.29, 1.82) is 0 Å². The number of carbonyl (C=O) groups is 1. The summed E-state index contributed by atoms with van der Waals surface area (Å²) in [5.74, 6) is -0.412. The summed E-state index contributed by atoms with van der Waals surface area (Å²) in [6.45, 7) is 0. The first-order valence-corrected chi connectivity index (χ1v) is 15.1. The van der Waals surface area contributed by atoms with E-state index < -0.39 is 19.7 Å². The molecular weight excluding hydrogens is 552 g/mol. The third kappa shape index (κ3) is 5.99. The van der Waals surface area contributed by atoms with Gasteiger partial charge < -0.3 is 20.0 Å². The number of phenols is 1. The first-order chi connectivity index (χ1) is 19.1. The monoisotopic (exact) mass is 579 g/mol. The molecule has 1 heterocycles. The van der Waals surface area contributed by atoms with Crippen LogP contribution in [-0.2, 0) is 4.57 Å². The molecule has 1 aliphatic heterocycles. The Morgan fingerprint density at radius 2 is 1.55 bits per heavy atom. The molecule has 40 heavy (non-hydrogen) atoms. The zero-order chi connectivity index (χ0) is 28.4. The van der Waals surface area contributed by atoms with Crippen molar-refractivity contribution in [2.45, 2.75) is 30.2 Å². The largest absolute Gasteiger partial charge is 0.508 e. The Bertz CT molecular complexity index is 1550. The lowest BCUT2D eigenvalue weighted by atomic mass is 9.93. The van der Waals surface area contributed by atoms with E-state index in [2.05, 4.69) is 0 Å². The van der Waals surface area contributed by atoms with Crippen LogP contribution < -0.4 is 10.2 Å². The summed E-state index contributed by atoms with van der Waals surface area (Å²) in [6.07, 6.45) is -0.0520. The molecule has 1 unspecified atom stereocenters. The van der Waals surface area contributed by atoms with Gasteiger partial charge in [-0.15, -0.1) is 0 Å². The van der Waals surface area contributed by atoms with Crippen LogP contribution in [-0.4, -0.2) is 30.5 Å². The molecule has 1 fully saturated rings. The molecule has 0 spiro atoms. The Morgan fingerprint density at radius 3 is 2.17 bits per heavy atom. The molecule has 3 atom stereocenters. The zero-order valence-corrected chi connectivity index (χ0v) is 22.9. The minimum Gasteiger partial charge on any atom is -0.508 e. The summed E-state index contributed by atoms with van der Waals surface area (Å²) in [6, 6.07) is 25.3. The van der Waals surface area contributed by atoms with E-state index in [4.69, 9.17) is 0 Å². The van der Waals surface area contributed by atoms with Crippen LogP contribution in [0.5, 0.6) is 5.75 Å². The first kappa shape index (κ1) is 28.1. The van der Waals surface area contributed by atoms with Gasteiger partial charge in [-0.25, -0.2) is 4.39 Å². The second-order valence-corrected chi connectivity index (χ2v) is 12.4. The van der Waals surface area contributed by atoms with Crippen molar-refractivity contribution in [3.05, 3.63) is 114 Å². The molecule has 7 nitrogen and oxygen atoms in total. The minimum absolute atomic E-state index is 0.0260. The number of aromatic hydroxyl groups is 1. The number of aliphatic hydroxyl groups excluding tert-OH is 1. The van der Waals surface area contributed by atoms with Crippen LogP contribution in [0.1, 0.15) is 36.1 Å². The molecule has 4 aromatic carbocycles. The highest BCUT2D eigenvalue weighted by Crippen LogP contribution is 2.49. The van der Waals surface area contributed by atoms with Crippen molar-refractivity contribution in [1.82, 2.24) is 0 Å². The van der Waals surface area contributed by atoms with Crippen molar-refractivity contribution in [2.24, 2.45) is 0 Å². The lowest BCUT2D eigenvalue weighted by Gasteiger charge is -2.29. The number of thioether (sulfide) groups is 1. The molecule has 0 aromatic heterocycles. The van der Waals surface area contributed by atoms with Crippen molar-refractivity contribution in [2.75, 3.05) is 4.90 Å². The summed E-state index contributed by atoms with van der Waals surface area (Å²) in [7, 11) is -4.37. The van der Waals surface area contributed by atoms with Gasteiger partial charge in [0, 0.05) is 16.5 Å². The molecule has 0 aliphatic carbocycles. The number of nitrogens with zero attached hydrogens (tertiary/aromatic N) is 1. The Morgan fingerprint density at radius 1 is 0.900 bits per heavy atom. The van der Waals surface area contributed by atoms with E-state index in [1.54, 1.807) is 35.2 Å². The fourth-order valence-electron chi connectivity index (χ4n) is 4.94. The van der Waals surface area contributed by atoms with E-state index in [9.17, 15) is 33.7 Å². The van der Waals surface area contributed by atoms with Gasteiger partial charge in [0.2, 0.25) is 0 Å². The van der Waals surface area contributed by atoms with E-state index in [0.29, 0.717) is 40.8 Å². The second-order valence-electron chi connectivity index (χ2n) is 9.58. The topological polar surface area (TPSA) is 118 Å². The summed E-state index contributed by atoms with van der Waals surface area (Å²) in [4.78, 5) is 33.7. The molecule has 1 amide bonds. The highest BCUT2D eigenvalue weighted by atomic mass is 32.2. The SMILES string of the molecule is O=C1S[C@@H](CCC(O)c2ccc(F)cc2)[C@@H](c2ccc(-c3ccc(P(=O)(O)O)cc3)cc2O)N1c1ccccc1. The fraction of sp³-hybridized carbons (Fsp3) is 0.167. The number of anilines is 1. The molecule has 0 radical (unpaired) electrons. The molecule has 4 aromatic rings. The lowest BCUT2D eigenvalue weighted by molar-refractivity contribution is 0.163. The average Bonchev–Trinajstić information content (AvgIpc) is 3.27. The predicted octanol–water partition coefficient (Wildman–Crippen LogP) is 6.30. The van der Waals surface area contributed by atoms with Gasteiger partial charge in [0.15, 0.2) is 0 Å². The van der Waals surface area contributed by atoms with Crippen molar-refractivity contribution >= 4 is 35.6 Å². The molecule has 10 heteroatoms. The highest BCUT2D eigenvalue weighted by Gasteiger charge is 2.43. The predicted molar refractivity (Wildman–Crippen MR) is 154 cm³/mol. The van der Waals surface area contributed by atoms with Crippen LogP contribution in [0.3, 0.4) is 0 Å². The number of carbonyl (C=O) groups excluding carboxylic acids is 1. The summed E-state index contributed by atoms with van der Waals surface area (Å²) in [5.41, 5.74) is 3.12. The number of hydrogen-bond donors (Lipinski definition) is 4. The number of phenolic OH excluding ortho intramolecular Hbond substituents is 1. The molecule has 4 N–H and O–H groups in total. The quantitative estimate of drug-likeness (QED) is 0.181. The summed E-state index contributed by atoms with van der Waals surface area (Å²) < 4.78 is 24.8. The number of rotatable bonds is 8. The Kier molecular flexibility index (Phi) is 8.12. The maximum atomic E-state index is 13.3. The van der Waals surface area contributed by atoms with E-state index in [1.165, 1.54) is 36.4 Å². The van der Waals surface area contributed by atoms with Crippen LogP contribution in [0, 0.1) is 5.82 Å². The van der Waals surface area contributed by atoms with Gasteiger partial charge in [0.1, 0.15) is 11.6 Å². The maximum Gasteiger partial charge on any atom is 0.356 e. The maximum absolute atomic E-state index is 13.3. The van der Waals surface area contributed by atoms with Gasteiger partial charge in [-0.3, -0.25) is 14.3 Å². The lowest BCUT2D eigenvalue weighted by Crippen LogP contribution is -2.29. The Labute approximate surface area is 235 Å². The summed E-state index contributed by atoms with van der Waals surface area (Å²) in [5, 5.41) is 21.4. The van der Waals surface area contributed by atoms with Crippen molar-refractivity contribution in [3.8, 4) is 16.9 Å². The second kappa shape index (κ2) is 11.6. The highest BCUT2D eigenvalue weighted by molar-refractivity contribution is 8.14. The molecule has 206 valence electrons. The van der Waals surface area contributed by atoms with E-state index in [-0.39, 0.29) is 27.4 Å². The first-order valence-electron chi connectivity index (χ1n) is 12.6. The van der Waals surface area contributed by atoms with Crippen LogP contribution in [0.25, 0.3) is 11.1 Å². The van der Waals surface area contributed by atoms with Crippen LogP contribution in [0.2, 0.25) is 0 Å². The Hall–Kier alpha value is -3.46. The Balaban J connectivity index is 1.45. The number of halogens is 1. The van der Waals surface area contributed by atoms with Crippen molar-refractivity contribution < 1.29 is 33.7 Å². The van der Waals surface area contributed by atoms with E-state index in [0.717, 1.165) is 11.8 Å². The van der Waals surface area contributed by atoms with E-state index >= 15 is 0 Å². The number of hydrogen-bond acceptors (Lipinski definition) is 5. The molecular formula is C30H27FNO6PS. The van der Waals surface area contributed by atoms with Crippen LogP contribution >= 0.6 is 19.4 Å². The molecule has 0 bridgehead atoms. The van der Waals surface area contributed by atoms with Gasteiger partial charge in [0.25, 0.3) is 5.24 Å². The van der Waals surface area contributed by atoms with Gasteiger partial charge in [-0.2, -0.15) is 0 Å². The summed E-state index contributed by atoms with van der Waals surface area (Å²) >= 11 is 1.16. The van der Waals surface area contributed by atoms with Gasteiger partial charge in [-0.05, 0) is 72.0 Å². The van der Waals surface area contributed by atoms with Crippen molar-refractivity contribution in [3.63, 3.8) is 0 Å². The van der Waals surface area contributed by atoms with Crippen LogP contribution in [0.15, 0.2) is 97.1 Å². The molecule has 5 rings (SSSR count). The van der Waals surface area contributed by atoms with E-state index in [1.807, 2.05) is 30.3 Å². The third-order valence-corrected chi connectivity index (χ3v) is 9.14. The molecule has 0 saturated carbocycles. The standard InChI is InChI=1S/C30H27FNO6PS/c31-22-11-6-20(7-12-22)26(33)16-17-28-29(32(30(35)40-28)23-4-2-1-3-5-23)25-15-10-21(18-27(25)34)19-8-13-24(14-9-19)39(36,37)38/h1-15,18,26,28-29,33-34H,16-17H2,(H2,36,37,38)/t26?,28-,29+/m0/s1. The molecule has 1 aliphatic rings.